The number of aliphatic hydroxyl groups excluding tert-OH is 1. The molecule has 0 radical (unpaired) electrons. The summed E-state index contributed by atoms with van der Waals surface area (Å²) in [6.45, 7) is 1.96. The van der Waals surface area contributed by atoms with Gasteiger partial charge in [-0.3, -0.25) is 0 Å². The van der Waals surface area contributed by atoms with Gasteiger partial charge in [0.05, 0.1) is 6.10 Å². The maximum absolute atomic E-state index is 9.73. The van der Waals surface area contributed by atoms with Gasteiger partial charge in [0.15, 0.2) is 0 Å². The van der Waals surface area contributed by atoms with Crippen LogP contribution in [0.2, 0.25) is 0 Å². The van der Waals surface area contributed by atoms with Crippen LogP contribution in [0.1, 0.15) is 18.6 Å². The number of hydrogen-bond acceptors (Lipinski definition) is 2. The minimum Gasteiger partial charge on any atom is -1.00 e. The van der Waals surface area contributed by atoms with Crippen molar-refractivity contribution in [3.63, 3.8) is 0 Å². The first-order valence-corrected chi connectivity index (χ1v) is 4.16. The molecular formula is C10H15ClNO-. The van der Waals surface area contributed by atoms with E-state index in [4.69, 9.17) is 0 Å². The van der Waals surface area contributed by atoms with Gasteiger partial charge < -0.3 is 22.8 Å². The summed E-state index contributed by atoms with van der Waals surface area (Å²) in [5, 5.41) is 12.7. The number of hydrogen-bond donors (Lipinski definition) is 2. The van der Waals surface area contributed by atoms with E-state index in [1.807, 2.05) is 44.3 Å². The fourth-order valence-electron chi connectivity index (χ4n) is 1.10. The normalized spacial score (nSPS) is 14.4. The van der Waals surface area contributed by atoms with E-state index >= 15 is 0 Å². The Morgan fingerprint density at radius 1 is 1.23 bits per heavy atom. The maximum Gasteiger partial charge on any atom is 0.0940 e. The number of aliphatic hydroxyl groups is 1. The van der Waals surface area contributed by atoms with Crippen molar-refractivity contribution in [3.8, 4) is 0 Å². The second kappa shape index (κ2) is 5.97. The summed E-state index contributed by atoms with van der Waals surface area (Å²) in [5.74, 6) is 0. The van der Waals surface area contributed by atoms with E-state index in [0.717, 1.165) is 5.56 Å². The van der Waals surface area contributed by atoms with Gasteiger partial charge in [-0.05, 0) is 19.5 Å². The molecule has 2 unspecified atom stereocenters. The van der Waals surface area contributed by atoms with Gasteiger partial charge >= 0.3 is 0 Å². The highest BCUT2D eigenvalue weighted by Gasteiger charge is 2.12. The largest absolute Gasteiger partial charge is 1.00 e. The molecule has 0 bridgehead atoms. The fraction of sp³-hybridized carbons (Fsp3) is 0.400. The van der Waals surface area contributed by atoms with Crippen molar-refractivity contribution < 1.29 is 17.5 Å². The molecule has 74 valence electrons. The van der Waals surface area contributed by atoms with Gasteiger partial charge in [-0.15, -0.1) is 0 Å². The van der Waals surface area contributed by atoms with Crippen molar-refractivity contribution in [1.29, 1.82) is 0 Å². The van der Waals surface area contributed by atoms with Gasteiger partial charge in [-0.1, -0.05) is 30.3 Å². The van der Waals surface area contributed by atoms with Crippen LogP contribution >= 0.6 is 0 Å². The standard InChI is InChI=1S/C10H15NO.ClH/c1-8(11-2)10(12)9-6-4-3-5-7-9;/h3-8,10-12H,1-2H3;1H/p-1. The van der Waals surface area contributed by atoms with Crippen molar-refractivity contribution in [2.45, 2.75) is 19.1 Å². The quantitative estimate of drug-likeness (QED) is 0.612. The summed E-state index contributed by atoms with van der Waals surface area (Å²) in [5.41, 5.74) is 0.958. The Kier molecular flexibility index (Phi) is 5.71. The zero-order valence-corrected chi connectivity index (χ0v) is 8.62. The Bertz CT molecular complexity index is 228. The molecule has 1 aromatic rings. The van der Waals surface area contributed by atoms with Crippen molar-refractivity contribution in [3.05, 3.63) is 35.9 Å². The van der Waals surface area contributed by atoms with Crippen LogP contribution in [0.5, 0.6) is 0 Å². The molecule has 1 aromatic carbocycles. The molecule has 0 spiro atoms. The zero-order valence-electron chi connectivity index (χ0n) is 7.87. The Hall–Kier alpha value is -0.570. The molecule has 0 saturated carbocycles. The number of benzene rings is 1. The summed E-state index contributed by atoms with van der Waals surface area (Å²) < 4.78 is 0. The van der Waals surface area contributed by atoms with Crippen molar-refractivity contribution in [1.82, 2.24) is 5.32 Å². The summed E-state index contributed by atoms with van der Waals surface area (Å²) in [6.07, 6.45) is -0.420. The topological polar surface area (TPSA) is 32.3 Å². The minimum absolute atomic E-state index is 0. The fourth-order valence-corrected chi connectivity index (χ4v) is 1.10. The number of halogens is 1. The van der Waals surface area contributed by atoms with Gasteiger partial charge in [-0.25, -0.2) is 0 Å². The van der Waals surface area contributed by atoms with E-state index < -0.39 is 6.10 Å². The van der Waals surface area contributed by atoms with Crippen LogP contribution in [0.25, 0.3) is 0 Å². The van der Waals surface area contributed by atoms with Gasteiger partial charge in [0.2, 0.25) is 0 Å². The molecule has 2 N–H and O–H groups in total. The van der Waals surface area contributed by atoms with E-state index in [0.29, 0.717) is 0 Å². The summed E-state index contributed by atoms with van der Waals surface area (Å²) in [6, 6.07) is 9.76. The summed E-state index contributed by atoms with van der Waals surface area (Å²) in [4.78, 5) is 0. The van der Waals surface area contributed by atoms with E-state index in [1.54, 1.807) is 0 Å². The van der Waals surface area contributed by atoms with E-state index in [2.05, 4.69) is 5.32 Å². The van der Waals surface area contributed by atoms with Crippen molar-refractivity contribution >= 4 is 0 Å². The minimum atomic E-state index is -0.420. The SMILES string of the molecule is CNC(C)C(O)c1ccccc1.[Cl-]. The predicted octanol–water partition coefficient (Wildman–Crippen LogP) is -1.67. The summed E-state index contributed by atoms with van der Waals surface area (Å²) in [7, 11) is 1.84. The molecule has 0 aromatic heterocycles. The number of nitrogens with one attached hydrogen (secondary N) is 1. The number of likely N-dealkylation sites (N-methyl/N-ethyl adjacent to an activating group) is 1. The molecule has 0 fully saturated rings. The Morgan fingerprint density at radius 2 is 1.77 bits per heavy atom. The lowest BCUT2D eigenvalue weighted by Gasteiger charge is -2.17. The third kappa shape index (κ3) is 3.35. The van der Waals surface area contributed by atoms with Crippen LogP contribution in [0, 0.1) is 0 Å². The smallest absolute Gasteiger partial charge is 0.0940 e. The summed E-state index contributed by atoms with van der Waals surface area (Å²) >= 11 is 0. The van der Waals surface area contributed by atoms with Crippen LogP contribution in [-0.2, 0) is 0 Å². The lowest BCUT2D eigenvalue weighted by molar-refractivity contribution is -0.00000403. The van der Waals surface area contributed by atoms with E-state index in [1.165, 1.54) is 0 Å². The highest BCUT2D eigenvalue weighted by Crippen LogP contribution is 2.15. The molecule has 0 amide bonds. The van der Waals surface area contributed by atoms with Crippen LogP contribution in [0.15, 0.2) is 30.3 Å². The lowest BCUT2D eigenvalue weighted by atomic mass is 10.0. The van der Waals surface area contributed by atoms with Crippen LogP contribution in [0.3, 0.4) is 0 Å². The van der Waals surface area contributed by atoms with Crippen LogP contribution < -0.4 is 17.7 Å². The molecule has 2 atom stereocenters. The molecule has 0 aliphatic heterocycles. The molecule has 0 heterocycles. The Labute approximate surface area is 85.4 Å². The molecule has 0 aliphatic rings. The third-order valence-electron chi connectivity index (χ3n) is 2.07. The van der Waals surface area contributed by atoms with Crippen molar-refractivity contribution in [2.75, 3.05) is 7.05 Å². The molecule has 13 heavy (non-hydrogen) atoms. The van der Waals surface area contributed by atoms with Gasteiger partial charge in [0.25, 0.3) is 0 Å². The lowest BCUT2D eigenvalue weighted by Crippen LogP contribution is -3.00. The highest BCUT2D eigenvalue weighted by molar-refractivity contribution is 5.18. The Morgan fingerprint density at radius 3 is 2.23 bits per heavy atom. The van der Waals surface area contributed by atoms with Gasteiger partial charge in [0.1, 0.15) is 0 Å². The highest BCUT2D eigenvalue weighted by atomic mass is 35.5. The van der Waals surface area contributed by atoms with E-state index in [9.17, 15) is 5.11 Å². The molecule has 0 aliphatic carbocycles. The van der Waals surface area contributed by atoms with Crippen molar-refractivity contribution in [2.24, 2.45) is 0 Å². The average Bonchev–Trinajstić information content (AvgIpc) is 2.17. The predicted molar refractivity (Wildman–Crippen MR) is 49.9 cm³/mol. The van der Waals surface area contributed by atoms with Gasteiger partial charge in [-0.2, -0.15) is 0 Å². The first-order chi connectivity index (χ1) is 5.75. The molecule has 2 nitrogen and oxygen atoms in total. The first-order valence-electron chi connectivity index (χ1n) is 4.16. The van der Waals surface area contributed by atoms with Crippen LogP contribution in [-0.4, -0.2) is 18.2 Å². The second-order valence-electron chi connectivity index (χ2n) is 2.93. The first kappa shape index (κ1) is 12.4. The number of rotatable bonds is 3. The third-order valence-corrected chi connectivity index (χ3v) is 2.07. The average molecular weight is 201 g/mol. The second-order valence-corrected chi connectivity index (χ2v) is 2.93. The Balaban J connectivity index is 0.00000144. The zero-order chi connectivity index (χ0) is 8.97. The molecule has 3 heteroatoms. The van der Waals surface area contributed by atoms with E-state index in [-0.39, 0.29) is 18.4 Å². The van der Waals surface area contributed by atoms with Crippen LogP contribution in [0.4, 0.5) is 0 Å². The monoisotopic (exact) mass is 200 g/mol. The molecular weight excluding hydrogens is 186 g/mol. The molecule has 1 rings (SSSR count). The molecule has 0 saturated heterocycles. The van der Waals surface area contributed by atoms with Gasteiger partial charge in [0, 0.05) is 6.04 Å². The maximum atomic E-state index is 9.73.